The number of aromatic nitrogens is 2. The van der Waals surface area contributed by atoms with E-state index in [1.165, 1.54) is 18.0 Å². The molecule has 1 amide bonds. The summed E-state index contributed by atoms with van der Waals surface area (Å²) in [4.78, 5) is 11.9. The lowest BCUT2D eigenvalue weighted by atomic mass is 10.0. The van der Waals surface area contributed by atoms with Gasteiger partial charge in [-0.1, -0.05) is 16.6 Å². The average molecular weight is 339 g/mol. The third kappa shape index (κ3) is 4.50. The molecule has 0 radical (unpaired) electrons. The Hall–Kier alpha value is -1.50. The van der Waals surface area contributed by atoms with Gasteiger partial charge in [0, 0.05) is 23.1 Å². The predicted molar refractivity (Wildman–Crippen MR) is 91.4 cm³/mol. The van der Waals surface area contributed by atoms with E-state index >= 15 is 0 Å². The number of nitrogens with zero attached hydrogens (tertiary/aromatic N) is 2. The van der Waals surface area contributed by atoms with Crippen molar-refractivity contribution < 1.29 is 4.79 Å². The first-order valence-electron chi connectivity index (χ1n) is 7.19. The van der Waals surface area contributed by atoms with Crippen molar-refractivity contribution in [3.63, 3.8) is 0 Å². The zero-order chi connectivity index (χ0) is 14.5. The van der Waals surface area contributed by atoms with Gasteiger partial charge in [-0.25, -0.2) is 0 Å². The normalized spacial score (nSPS) is 17.0. The van der Waals surface area contributed by atoms with Gasteiger partial charge in [0.15, 0.2) is 0 Å². The Bertz CT molecular complexity index is 582. The number of hydrogen-bond donors (Lipinski definition) is 2. The molecule has 1 atom stereocenters. The van der Waals surface area contributed by atoms with Crippen LogP contribution < -0.4 is 10.6 Å². The van der Waals surface area contributed by atoms with Crippen molar-refractivity contribution in [3.05, 3.63) is 29.6 Å². The highest BCUT2D eigenvalue weighted by molar-refractivity contribution is 7.03. The number of benzene rings is 1. The minimum atomic E-state index is 0. The van der Waals surface area contributed by atoms with Gasteiger partial charge in [-0.15, -0.1) is 17.5 Å². The van der Waals surface area contributed by atoms with Crippen molar-refractivity contribution in [2.45, 2.75) is 19.3 Å². The summed E-state index contributed by atoms with van der Waals surface area (Å²) >= 11 is 1.33. The molecule has 0 aliphatic carbocycles. The number of rotatable bonds is 5. The molecule has 0 saturated carbocycles. The lowest BCUT2D eigenvalue weighted by Crippen LogP contribution is -2.14. The van der Waals surface area contributed by atoms with Gasteiger partial charge in [-0.05, 0) is 55.5 Å². The van der Waals surface area contributed by atoms with E-state index < -0.39 is 0 Å². The van der Waals surface area contributed by atoms with Crippen molar-refractivity contribution in [3.8, 4) is 11.3 Å². The molecule has 7 heteroatoms. The molecule has 2 aromatic rings. The fourth-order valence-corrected chi connectivity index (χ4v) is 3.00. The van der Waals surface area contributed by atoms with Crippen LogP contribution in [0.3, 0.4) is 0 Å². The summed E-state index contributed by atoms with van der Waals surface area (Å²) in [7, 11) is 0. The van der Waals surface area contributed by atoms with E-state index in [0.29, 0.717) is 12.3 Å². The molecule has 1 unspecified atom stereocenters. The monoisotopic (exact) mass is 338 g/mol. The zero-order valence-corrected chi connectivity index (χ0v) is 13.8. The van der Waals surface area contributed by atoms with Crippen LogP contribution in [0.2, 0.25) is 0 Å². The standard InChI is InChI=1S/C15H18N4OS.ClH/c20-15(6-1-11-7-8-16-9-11)17-13-4-2-12(3-5-13)14-10-21-19-18-14;/h2-5,10-11,16H,1,6-9H2,(H,17,20);1H. The third-order valence-corrected chi connectivity index (χ3v) is 4.27. The zero-order valence-electron chi connectivity index (χ0n) is 12.1. The first-order chi connectivity index (χ1) is 10.3. The Morgan fingerprint density at radius 2 is 2.18 bits per heavy atom. The molecule has 1 aliphatic rings. The van der Waals surface area contributed by atoms with E-state index in [-0.39, 0.29) is 18.3 Å². The predicted octanol–water partition coefficient (Wildman–Crippen LogP) is 2.96. The van der Waals surface area contributed by atoms with Crippen molar-refractivity contribution in [2.24, 2.45) is 5.92 Å². The average Bonchev–Trinajstić information content (AvgIpc) is 3.19. The lowest BCUT2D eigenvalue weighted by Gasteiger charge is -2.09. The quantitative estimate of drug-likeness (QED) is 0.879. The van der Waals surface area contributed by atoms with Crippen LogP contribution in [0.1, 0.15) is 19.3 Å². The highest BCUT2D eigenvalue weighted by Gasteiger charge is 2.15. The van der Waals surface area contributed by atoms with E-state index in [1.807, 2.05) is 29.6 Å². The highest BCUT2D eigenvalue weighted by atomic mass is 35.5. The molecule has 0 spiro atoms. The molecule has 5 nitrogen and oxygen atoms in total. The van der Waals surface area contributed by atoms with E-state index in [9.17, 15) is 4.79 Å². The van der Waals surface area contributed by atoms with Crippen LogP contribution in [0.15, 0.2) is 29.6 Å². The molecule has 0 bridgehead atoms. The highest BCUT2D eigenvalue weighted by Crippen LogP contribution is 2.20. The van der Waals surface area contributed by atoms with Crippen LogP contribution in [-0.2, 0) is 4.79 Å². The molecular formula is C15H19ClN4OS. The number of anilines is 1. The van der Waals surface area contributed by atoms with Crippen LogP contribution in [0, 0.1) is 5.92 Å². The van der Waals surface area contributed by atoms with E-state index in [1.54, 1.807) is 0 Å². The smallest absolute Gasteiger partial charge is 0.224 e. The summed E-state index contributed by atoms with van der Waals surface area (Å²) < 4.78 is 3.85. The Morgan fingerprint density at radius 3 is 2.82 bits per heavy atom. The summed E-state index contributed by atoms with van der Waals surface area (Å²) in [5.74, 6) is 0.736. The number of halogens is 1. The second-order valence-corrected chi connectivity index (χ2v) is 5.92. The van der Waals surface area contributed by atoms with Crippen LogP contribution >= 0.6 is 23.9 Å². The van der Waals surface area contributed by atoms with Crippen molar-refractivity contribution in [1.29, 1.82) is 0 Å². The van der Waals surface area contributed by atoms with Gasteiger partial charge in [-0.2, -0.15) is 0 Å². The van der Waals surface area contributed by atoms with E-state index in [2.05, 4.69) is 20.2 Å². The summed E-state index contributed by atoms with van der Waals surface area (Å²) in [6, 6.07) is 7.72. The van der Waals surface area contributed by atoms with Crippen LogP contribution in [0.4, 0.5) is 5.69 Å². The first kappa shape index (κ1) is 16.9. The van der Waals surface area contributed by atoms with Gasteiger partial charge in [0.05, 0.1) is 0 Å². The van der Waals surface area contributed by atoms with Gasteiger partial charge >= 0.3 is 0 Å². The number of amides is 1. The summed E-state index contributed by atoms with van der Waals surface area (Å²) in [5, 5.41) is 12.2. The van der Waals surface area contributed by atoms with Crippen molar-refractivity contribution in [1.82, 2.24) is 14.9 Å². The van der Waals surface area contributed by atoms with E-state index in [0.717, 1.165) is 36.5 Å². The molecule has 1 saturated heterocycles. The summed E-state index contributed by atoms with van der Waals surface area (Å²) in [6.45, 7) is 2.13. The molecule has 1 aliphatic heterocycles. The van der Waals surface area contributed by atoms with Crippen LogP contribution in [-0.4, -0.2) is 28.6 Å². The molecule has 1 aromatic carbocycles. The summed E-state index contributed by atoms with van der Waals surface area (Å²) in [5.41, 5.74) is 2.71. The maximum absolute atomic E-state index is 11.9. The molecule has 2 N–H and O–H groups in total. The topological polar surface area (TPSA) is 66.9 Å². The molecule has 22 heavy (non-hydrogen) atoms. The fraction of sp³-hybridized carbons (Fsp3) is 0.400. The summed E-state index contributed by atoms with van der Waals surface area (Å²) in [6.07, 6.45) is 2.73. The van der Waals surface area contributed by atoms with Gasteiger partial charge in [0.2, 0.25) is 5.91 Å². The Kier molecular flexibility index (Phi) is 6.30. The van der Waals surface area contributed by atoms with Crippen molar-refractivity contribution in [2.75, 3.05) is 18.4 Å². The second-order valence-electron chi connectivity index (χ2n) is 5.31. The molecular weight excluding hydrogens is 320 g/mol. The number of carbonyl (C=O) groups excluding carboxylic acids is 1. The van der Waals surface area contributed by atoms with Gasteiger partial charge in [-0.3, -0.25) is 4.79 Å². The van der Waals surface area contributed by atoms with E-state index in [4.69, 9.17) is 0 Å². The largest absolute Gasteiger partial charge is 0.326 e. The maximum Gasteiger partial charge on any atom is 0.224 e. The lowest BCUT2D eigenvalue weighted by molar-refractivity contribution is -0.116. The molecule has 2 heterocycles. The Morgan fingerprint density at radius 1 is 1.36 bits per heavy atom. The minimum Gasteiger partial charge on any atom is -0.326 e. The second kappa shape index (κ2) is 8.22. The van der Waals surface area contributed by atoms with Crippen molar-refractivity contribution >= 4 is 35.5 Å². The number of carbonyl (C=O) groups is 1. The number of hydrogen-bond acceptors (Lipinski definition) is 5. The Balaban J connectivity index is 0.00000176. The van der Waals surface area contributed by atoms with Crippen LogP contribution in [0.25, 0.3) is 11.3 Å². The molecule has 1 aromatic heterocycles. The Labute approximate surface area is 140 Å². The minimum absolute atomic E-state index is 0. The molecule has 118 valence electrons. The molecule has 1 fully saturated rings. The van der Waals surface area contributed by atoms with Crippen LogP contribution in [0.5, 0.6) is 0 Å². The fourth-order valence-electron chi connectivity index (χ4n) is 2.53. The third-order valence-electron chi connectivity index (χ3n) is 3.77. The SMILES string of the molecule is Cl.O=C(CCC1CCNC1)Nc1ccc(-c2csnn2)cc1. The number of nitrogens with one attached hydrogen (secondary N) is 2. The first-order valence-corrected chi connectivity index (χ1v) is 8.03. The molecule has 3 rings (SSSR count). The van der Waals surface area contributed by atoms with Gasteiger partial charge < -0.3 is 10.6 Å². The van der Waals surface area contributed by atoms with Gasteiger partial charge in [0.25, 0.3) is 0 Å². The van der Waals surface area contributed by atoms with Gasteiger partial charge in [0.1, 0.15) is 5.69 Å². The maximum atomic E-state index is 11.9.